The topological polar surface area (TPSA) is 79.7 Å². The fourth-order valence-electron chi connectivity index (χ4n) is 2.49. The van der Waals surface area contributed by atoms with Crippen LogP contribution in [0.1, 0.15) is 40.6 Å². The molecule has 7 nitrogen and oxygen atoms in total. The van der Waals surface area contributed by atoms with E-state index < -0.39 is 5.97 Å². The summed E-state index contributed by atoms with van der Waals surface area (Å²) in [5.41, 5.74) is 1.23. The number of aromatic nitrogens is 2. The maximum absolute atomic E-state index is 11.9. The van der Waals surface area contributed by atoms with Crippen molar-refractivity contribution in [2.45, 2.75) is 19.8 Å². The normalized spacial score (nSPS) is 10.4. The fourth-order valence-corrected chi connectivity index (χ4v) is 2.49. The van der Waals surface area contributed by atoms with Gasteiger partial charge >= 0.3 is 5.97 Å². The third-order valence-electron chi connectivity index (χ3n) is 3.78. The van der Waals surface area contributed by atoms with Gasteiger partial charge in [-0.3, -0.25) is 9.48 Å². The first-order valence-corrected chi connectivity index (χ1v) is 7.99. The summed E-state index contributed by atoms with van der Waals surface area (Å²) in [7, 11) is 4.46. The summed E-state index contributed by atoms with van der Waals surface area (Å²) in [4.78, 5) is 23.5. The summed E-state index contributed by atoms with van der Waals surface area (Å²) in [6, 6.07) is 5.32. The molecule has 0 saturated carbocycles. The van der Waals surface area contributed by atoms with E-state index >= 15 is 0 Å². The summed E-state index contributed by atoms with van der Waals surface area (Å²) in [6.45, 7) is 2.63. The molecule has 1 heterocycles. The Morgan fingerprint density at radius 3 is 2.68 bits per heavy atom. The third-order valence-corrected chi connectivity index (χ3v) is 3.78. The van der Waals surface area contributed by atoms with Gasteiger partial charge in [-0.05, 0) is 24.6 Å². The highest BCUT2D eigenvalue weighted by molar-refractivity contribution is 6.01. The molecule has 25 heavy (non-hydrogen) atoms. The van der Waals surface area contributed by atoms with Gasteiger partial charge in [-0.15, -0.1) is 0 Å². The van der Waals surface area contributed by atoms with Gasteiger partial charge in [-0.2, -0.15) is 5.10 Å². The van der Waals surface area contributed by atoms with Crippen LogP contribution >= 0.6 is 0 Å². The van der Waals surface area contributed by atoms with E-state index in [1.54, 1.807) is 32.4 Å². The Balaban J connectivity index is 2.61. The Morgan fingerprint density at radius 1 is 1.32 bits per heavy atom. The van der Waals surface area contributed by atoms with Crippen molar-refractivity contribution < 1.29 is 23.8 Å². The highest BCUT2D eigenvalue weighted by Crippen LogP contribution is 2.36. The summed E-state index contributed by atoms with van der Waals surface area (Å²) in [5.74, 6) is 0.535. The number of carbonyl (C=O) groups excluding carboxylic acids is 2. The van der Waals surface area contributed by atoms with Gasteiger partial charge in [0.25, 0.3) is 0 Å². The molecule has 0 bridgehead atoms. The van der Waals surface area contributed by atoms with Crippen LogP contribution in [0.15, 0.2) is 18.2 Å². The number of rotatable bonds is 8. The van der Waals surface area contributed by atoms with Gasteiger partial charge in [0.1, 0.15) is 11.5 Å². The van der Waals surface area contributed by atoms with Gasteiger partial charge in [0.05, 0.1) is 32.1 Å². The molecule has 0 spiro atoms. The SMILES string of the molecule is CCCCOc1ccc(OC)cc1-c1c(C=O)c(C(=O)OC)nn1C. The molecular weight excluding hydrogens is 324 g/mol. The molecule has 0 aliphatic rings. The lowest BCUT2D eigenvalue weighted by Gasteiger charge is -2.13. The number of carbonyl (C=O) groups is 2. The summed E-state index contributed by atoms with van der Waals surface area (Å²) in [6.07, 6.45) is 2.51. The van der Waals surface area contributed by atoms with Crippen molar-refractivity contribution >= 4 is 12.3 Å². The van der Waals surface area contributed by atoms with Crippen LogP contribution in [0.2, 0.25) is 0 Å². The first-order valence-electron chi connectivity index (χ1n) is 7.99. The second kappa shape index (κ2) is 8.32. The highest BCUT2D eigenvalue weighted by Gasteiger charge is 2.25. The number of ether oxygens (including phenoxy) is 3. The number of unbranched alkanes of at least 4 members (excludes halogenated alkanes) is 1. The molecule has 2 aromatic rings. The van der Waals surface area contributed by atoms with Crippen molar-refractivity contribution in [3.63, 3.8) is 0 Å². The minimum Gasteiger partial charge on any atom is -0.497 e. The summed E-state index contributed by atoms with van der Waals surface area (Å²) >= 11 is 0. The average molecular weight is 346 g/mol. The minimum atomic E-state index is -0.666. The van der Waals surface area contributed by atoms with E-state index in [1.165, 1.54) is 11.8 Å². The van der Waals surface area contributed by atoms with Crippen LogP contribution in [0.4, 0.5) is 0 Å². The number of hydrogen-bond acceptors (Lipinski definition) is 6. The van der Waals surface area contributed by atoms with Crippen molar-refractivity contribution in [1.29, 1.82) is 0 Å². The minimum absolute atomic E-state index is 0.0303. The zero-order chi connectivity index (χ0) is 18.4. The zero-order valence-electron chi connectivity index (χ0n) is 14.9. The summed E-state index contributed by atoms with van der Waals surface area (Å²) in [5, 5.41) is 4.14. The van der Waals surface area contributed by atoms with E-state index in [2.05, 4.69) is 12.0 Å². The molecule has 2 rings (SSSR count). The maximum Gasteiger partial charge on any atom is 0.359 e. The lowest BCUT2D eigenvalue weighted by Crippen LogP contribution is -2.05. The summed E-state index contributed by atoms with van der Waals surface area (Å²) < 4.78 is 17.3. The first kappa shape index (κ1) is 18.5. The van der Waals surface area contributed by atoms with E-state index in [4.69, 9.17) is 14.2 Å². The Hall–Kier alpha value is -2.83. The van der Waals surface area contributed by atoms with E-state index in [0.717, 1.165) is 12.8 Å². The van der Waals surface area contributed by atoms with Crippen LogP contribution in [-0.4, -0.2) is 42.9 Å². The smallest absolute Gasteiger partial charge is 0.359 e. The Morgan fingerprint density at radius 2 is 2.08 bits per heavy atom. The number of nitrogens with zero attached hydrogens (tertiary/aromatic N) is 2. The number of esters is 1. The van der Waals surface area contributed by atoms with E-state index in [1.807, 2.05) is 0 Å². The van der Waals surface area contributed by atoms with E-state index in [-0.39, 0.29) is 11.3 Å². The quantitative estimate of drug-likeness (QED) is 0.415. The van der Waals surface area contributed by atoms with Crippen molar-refractivity contribution in [1.82, 2.24) is 9.78 Å². The van der Waals surface area contributed by atoms with Gasteiger partial charge in [0.15, 0.2) is 12.0 Å². The molecule has 1 aromatic heterocycles. The van der Waals surface area contributed by atoms with Crippen molar-refractivity contribution in [2.24, 2.45) is 7.05 Å². The van der Waals surface area contributed by atoms with Crippen LogP contribution in [0.5, 0.6) is 11.5 Å². The van der Waals surface area contributed by atoms with Gasteiger partial charge in [-0.1, -0.05) is 13.3 Å². The molecule has 0 N–H and O–H groups in total. The zero-order valence-corrected chi connectivity index (χ0v) is 14.9. The van der Waals surface area contributed by atoms with Gasteiger partial charge < -0.3 is 14.2 Å². The highest BCUT2D eigenvalue weighted by atomic mass is 16.5. The Labute approximate surface area is 146 Å². The van der Waals surface area contributed by atoms with Gasteiger partial charge in [0.2, 0.25) is 0 Å². The van der Waals surface area contributed by atoms with E-state index in [0.29, 0.717) is 35.6 Å². The Bertz CT molecular complexity index is 767. The number of aldehydes is 1. The first-order chi connectivity index (χ1) is 12.1. The molecule has 0 unspecified atom stereocenters. The number of aryl methyl sites for hydroxylation is 1. The molecule has 0 saturated heterocycles. The predicted octanol–water partition coefficient (Wildman–Crippen LogP) is 2.87. The third kappa shape index (κ3) is 3.81. The average Bonchev–Trinajstić information content (AvgIpc) is 2.97. The van der Waals surface area contributed by atoms with Crippen molar-refractivity contribution in [3.05, 3.63) is 29.5 Å². The van der Waals surface area contributed by atoms with Gasteiger partial charge in [0, 0.05) is 12.6 Å². The fraction of sp³-hybridized carbons (Fsp3) is 0.389. The lowest BCUT2D eigenvalue weighted by molar-refractivity contribution is 0.0591. The van der Waals surface area contributed by atoms with Crippen LogP contribution in [0.25, 0.3) is 11.3 Å². The Kier molecular flexibility index (Phi) is 6.16. The molecule has 0 fully saturated rings. The van der Waals surface area contributed by atoms with Crippen LogP contribution in [0.3, 0.4) is 0 Å². The molecular formula is C18H22N2O5. The lowest BCUT2D eigenvalue weighted by atomic mass is 10.0. The molecule has 134 valence electrons. The van der Waals surface area contributed by atoms with Crippen molar-refractivity contribution in [3.8, 4) is 22.8 Å². The van der Waals surface area contributed by atoms with Gasteiger partial charge in [-0.25, -0.2) is 4.79 Å². The van der Waals surface area contributed by atoms with Crippen molar-refractivity contribution in [2.75, 3.05) is 20.8 Å². The second-order valence-corrected chi connectivity index (χ2v) is 5.41. The largest absolute Gasteiger partial charge is 0.497 e. The standard InChI is InChI=1S/C18H22N2O5/c1-5-6-9-25-15-8-7-12(23-3)10-13(15)17-14(11-21)16(18(22)24-4)19-20(17)2/h7-8,10-11H,5-6,9H2,1-4H3. The van der Waals surface area contributed by atoms with E-state index in [9.17, 15) is 9.59 Å². The van der Waals surface area contributed by atoms with Crippen LogP contribution in [-0.2, 0) is 11.8 Å². The van der Waals surface area contributed by atoms with Crippen LogP contribution < -0.4 is 9.47 Å². The molecule has 0 aliphatic heterocycles. The monoisotopic (exact) mass is 346 g/mol. The van der Waals surface area contributed by atoms with Crippen LogP contribution in [0, 0.1) is 0 Å². The molecule has 7 heteroatoms. The molecule has 1 aromatic carbocycles. The number of benzene rings is 1. The number of methoxy groups -OCH3 is 2. The molecule has 0 amide bonds. The molecule has 0 aliphatic carbocycles. The second-order valence-electron chi connectivity index (χ2n) is 5.41. The maximum atomic E-state index is 11.9. The predicted molar refractivity (Wildman–Crippen MR) is 92.3 cm³/mol. The molecule has 0 atom stereocenters. The number of hydrogen-bond donors (Lipinski definition) is 0. The molecule has 0 radical (unpaired) electrons.